The van der Waals surface area contributed by atoms with Crippen LogP contribution in [0.2, 0.25) is 0 Å². The molecule has 6 heteroatoms. The maximum atomic E-state index is 12.3. The number of likely N-dealkylation sites (N-methyl/N-ethyl adjacent to an activating group) is 1. The van der Waals surface area contributed by atoms with Gasteiger partial charge in [0.05, 0.1) is 12.6 Å². The van der Waals surface area contributed by atoms with Gasteiger partial charge in [-0.15, -0.1) is 11.3 Å². The molecule has 0 fully saturated rings. The highest BCUT2D eigenvalue weighted by Gasteiger charge is 2.23. The quantitative estimate of drug-likeness (QED) is 0.824. The molecule has 1 aromatic heterocycles. The molecule has 1 aromatic carbocycles. The van der Waals surface area contributed by atoms with E-state index in [1.54, 1.807) is 11.3 Å². The van der Waals surface area contributed by atoms with Crippen LogP contribution >= 0.6 is 11.3 Å². The number of nitrogens with zero attached hydrogens (tertiary/aromatic N) is 1. The lowest BCUT2D eigenvalue weighted by molar-refractivity contribution is -0.123. The first-order valence-corrected chi connectivity index (χ1v) is 9.47. The minimum absolute atomic E-state index is 0.0277. The van der Waals surface area contributed by atoms with Crippen molar-refractivity contribution in [2.24, 2.45) is 0 Å². The number of fused-ring (bicyclic) bond motifs is 1. The third-order valence-corrected chi connectivity index (χ3v) is 5.25. The van der Waals surface area contributed by atoms with Gasteiger partial charge in [0, 0.05) is 11.4 Å². The number of rotatable bonds is 7. The van der Waals surface area contributed by atoms with Crippen molar-refractivity contribution in [2.45, 2.75) is 26.0 Å². The molecule has 3 rings (SSSR count). The van der Waals surface area contributed by atoms with Gasteiger partial charge in [-0.1, -0.05) is 25.1 Å². The summed E-state index contributed by atoms with van der Waals surface area (Å²) in [5.41, 5.74) is 0. The number of nitrogens with one attached hydrogen (secondary N) is 1. The molecule has 0 spiro atoms. The summed E-state index contributed by atoms with van der Waals surface area (Å²) in [5, 5.41) is 5.08. The van der Waals surface area contributed by atoms with Crippen molar-refractivity contribution in [3.63, 3.8) is 0 Å². The fourth-order valence-electron chi connectivity index (χ4n) is 2.85. The van der Waals surface area contributed by atoms with Gasteiger partial charge in [0.1, 0.15) is 12.7 Å². The summed E-state index contributed by atoms with van der Waals surface area (Å²) in [4.78, 5) is 15.6. The summed E-state index contributed by atoms with van der Waals surface area (Å²) in [7, 11) is 0. The molecule has 0 aliphatic carbocycles. The van der Waals surface area contributed by atoms with Crippen LogP contribution < -0.4 is 14.8 Å². The summed E-state index contributed by atoms with van der Waals surface area (Å²) in [6.07, 6.45) is -0.0719. The van der Waals surface area contributed by atoms with Crippen molar-refractivity contribution in [1.29, 1.82) is 0 Å². The number of carbonyl (C=O) groups excluding carboxylic acids is 1. The second-order valence-corrected chi connectivity index (χ2v) is 7.11. The van der Waals surface area contributed by atoms with Crippen LogP contribution in [0, 0.1) is 0 Å². The molecule has 1 aliphatic heterocycles. The highest BCUT2D eigenvalue weighted by molar-refractivity contribution is 7.10. The summed E-state index contributed by atoms with van der Waals surface area (Å²) in [6, 6.07) is 11.8. The van der Waals surface area contributed by atoms with E-state index in [1.165, 1.54) is 0 Å². The molecule has 25 heavy (non-hydrogen) atoms. The zero-order chi connectivity index (χ0) is 17.6. The third-order valence-electron chi connectivity index (χ3n) is 4.19. The van der Waals surface area contributed by atoms with Crippen molar-refractivity contribution in [3.8, 4) is 11.5 Å². The predicted octanol–water partition coefficient (Wildman–Crippen LogP) is 3.09. The highest BCUT2D eigenvalue weighted by atomic mass is 32.1. The second-order valence-electron chi connectivity index (χ2n) is 6.13. The molecule has 0 radical (unpaired) electrons. The van der Waals surface area contributed by atoms with E-state index in [1.807, 2.05) is 55.6 Å². The van der Waals surface area contributed by atoms with Crippen LogP contribution in [0.4, 0.5) is 0 Å². The van der Waals surface area contributed by atoms with Gasteiger partial charge in [-0.2, -0.15) is 0 Å². The first kappa shape index (κ1) is 17.8. The molecule has 2 unspecified atom stereocenters. The second kappa shape index (κ2) is 8.36. The van der Waals surface area contributed by atoms with Gasteiger partial charge in [0.2, 0.25) is 5.91 Å². The van der Waals surface area contributed by atoms with E-state index in [-0.39, 0.29) is 18.1 Å². The third kappa shape index (κ3) is 4.74. The number of amides is 1. The molecule has 0 saturated carbocycles. The molecule has 0 saturated heterocycles. The van der Waals surface area contributed by atoms with E-state index in [2.05, 4.69) is 10.2 Å². The Morgan fingerprint density at radius 1 is 1.32 bits per heavy atom. The van der Waals surface area contributed by atoms with Crippen LogP contribution in [0.25, 0.3) is 0 Å². The van der Waals surface area contributed by atoms with Crippen molar-refractivity contribution in [3.05, 3.63) is 46.7 Å². The lowest BCUT2D eigenvalue weighted by Gasteiger charge is -2.30. The van der Waals surface area contributed by atoms with Crippen LogP contribution in [0.15, 0.2) is 41.8 Å². The average molecular weight is 360 g/mol. The molecule has 134 valence electrons. The fraction of sp³-hybridized carbons (Fsp3) is 0.421. The van der Waals surface area contributed by atoms with Gasteiger partial charge in [0.25, 0.3) is 0 Å². The molecular weight excluding hydrogens is 336 g/mol. The minimum atomic E-state index is -0.0719. The molecule has 5 nitrogen and oxygen atoms in total. The zero-order valence-electron chi connectivity index (χ0n) is 14.6. The maximum absolute atomic E-state index is 12.3. The topological polar surface area (TPSA) is 50.8 Å². The number of hydrogen-bond donors (Lipinski definition) is 1. The molecule has 2 heterocycles. The number of para-hydroxylation sites is 2. The van der Waals surface area contributed by atoms with Gasteiger partial charge < -0.3 is 14.8 Å². The lowest BCUT2D eigenvalue weighted by Crippen LogP contribution is -2.45. The number of ether oxygens (including phenoxy) is 2. The number of thiophene rings is 1. The van der Waals surface area contributed by atoms with Crippen molar-refractivity contribution in [1.82, 2.24) is 10.2 Å². The van der Waals surface area contributed by atoms with E-state index in [9.17, 15) is 4.79 Å². The Morgan fingerprint density at radius 3 is 2.84 bits per heavy atom. The lowest BCUT2D eigenvalue weighted by atomic mass is 10.2. The minimum Gasteiger partial charge on any atom is -0.486 e. The smallest absolute Gasteiger partial charge is 0.234 e. The Balaban J connectivity index is 1.50. The highest BCUT2D eigenvalue weighted by Crippen LogP contribution is 2.31. The Morgan fingerprint density at radius 2 is 2.12 bits per heavy atom. The van der Waals surface area contributed by atoms with Gasteiger partial charge >= 0.3 is 0 Å². The molecule has 2 aromatic rings. The summed E-state index contributed by atoms with van der Waals surface area (Å²) < 4.78 is 11.7. The van der Waals surface area contributed by atoms with Gasteiger partial charge in [0.15, 0.2) is 11.5 Å². The molecule has 1 N–H and O–H groups in total. The van der Waals surface area contributed by atoms with Gasteiger partial charge in [-0.05, 0) is 37.0 Å². The SMILES string of the molecule is CCN(CC(=O)NC(C)c1cccs1)CC1COc2ccccc2O1. The Bertz CT molecular complexity index is 690. The van der Waals surface area contributed by atoms with E-state index in [0.29, 0.717) is 19.7 Å². The van der Waals surface area contributed by atoms with E-state index < -0.39 is 0 Å². The number of benzene rings is 1. The maximum Gasteiger partial charge on any atom is 0.234 e. The Hall–Kier alpha value is -2.05. The van der Waals surface area contributed by atoms with Crippen molar-refractivity contribution >= 4 is 17.2 Å². The normalized spacial score (nSPS) is 17.3. The standard InChI is InChI=1S/C19H24N2O3S/c1-3-21(12-19(22)20-14(2)18-9-6-10-25-18)11-15-13-23-16-7-4-5-8-17(16)24-15/h4-10,14-15H,3,11-13H2,1-2H3,(H,20,22). The van der Waals surface area contributed by atoms with Gasteiger partial charge in [-0.25, -0.2) is 0 Å². The average Bonchev–Trinajstić information content (AvgIpc) is 3.15. The van der Waals surface area contributed by atoms with Crippen LogP contribution in [-0.4, -0.2) is 43.2 Å². The molecular formula is C19H24N2O3S. The molecule has 1 amide bonds. The van der Waals surface area contributed by atoms with Crippen LogP contribution in [0.1, 0.15) is 24.8 Å². The first-order valence-electron chi connectivity index (χ1n) is 8.59. The summed E-state index contributed by atoms with van der Waals surface area (Å²) in [5.74, 6) is 1.58. The van der Waals surface area contributed by atoms with Crippen LogP contribution in [0.5, 0.6) is 11.5 Å². The van der Waals surface area contributed by atoms with Crippen LogP contribution in [-0.2, 0) is 4.79 Å². The predicted molar refractivity (Wildman–Crippen MR) is 99.3 cm³/mol. The monoisotopic (exact) mass is 360 g/mol. The van der Waals surface area contributed by atoms with Crippen LogP contribution in [0.3, 0.4) is 0 Å². The summed E-state index contributed by atoms with van der Waals surface area (Å²) >= 11 is 1.65. The van der Waals surface area contributed by atoms with Crippen molar-refractivity contribution in [2.75, 3.05) is 26.2 Å². The Labute approximate surface area is 152 Å². The molecule has 0 bridgehead atoms. The number of carbonyl (C=O) groups is 1. The van der Waals surface area contributed by atoms with E-state index in [4.69, 9.17) is 9.47 Å². The zero-order valence-corrected chi connectivity index (χ0v) is 15.4. The summed E-state index contributed by atoms with van der Waals surface area (Å²) in [6.45, 7) is 6.35. The largest absolute Gasteiger partial charge is 0.486 e. The molecule has 2 atom stereocenters. The number of hydrogen-bond acceptors (Lipinski definition) is 5. The molecule has 1 aliphatic rings. The first-order chi connectivity index (χ1) is 12.2. The van der Waals surface area contributed by atoms with E-state index >= 15 is 0 Å². The Kier molecular flexibility index (Phi) is 5.94. The van der Waals surface area contributed by atoms with Crippen molar-refractivity contribution < 1.29 is 14.3 Å². The fourth-order valence-corrected chi connectivity index (χ4v) is 3.58. The van der Waals surface area contributed by atoms with E-state index in [0.717, 1.165) is 22.9 Å². The van der Waals surface area contributed by atoms with Gasteiger partial charge in [-0.3, -0.25) is 9.69 Å².